The Morgan fingerprint density at radius 1 is 1.26 bits per heavy atom. The molecule has 0 radical (unpaired) electrons. The van der Waals surface area contributed by atoms with Gasteiger partial charge in [0.2, 0.25) is 0 Å². The molecule has 0 aliphatic carbocycles. The highest BCUT2D eigenvalue weighted by molar-refractivity contribution is 5.74. The first kappa shape index (κ1) is 16.2. The van der Waals surface area contributed by atoms with Gasteiger partial charge in [-0.15, -0.1) is 0 Å². The summed E-state index contributed by atoms with van der Waals surface area (Å²) in [6.07, 6.45) is -8.48. The number of carbonyl (C=O) groups is 1. The summed E-state index contributed by atoms with van der Waals surface area (Å²) in [5.41, 5.74) is 0. The number of ether oxygens (including phenoxy) is 1. The van der Waals surface area contributed by atoms with E-state index in [2.05, 4.69) is 5.32 Å². The Kier molecular flexibility index (Phi) is 5.62. The van der Waals surface area contributed by atoms with Gasteiger partial charge in [-0.05, 0) is 6.92 Å². The minimum atomic E-state index is -1.60. The fraction of sp³-hybridized carbons (Fsp3) is 0.900. The molecule has 1 rings (SSSR count). The molecular formula is C10H19NO8. The summed E-state index contributed by atoms with van der Waals surface area (Å²) < 4.78 is 5.07. The molecule has 0 aromatic carbocycles. The molecule has 112 valence electrons. The van der Waals surface area contributed by atoms with Crippen molar-refractivity contribution < 1.29 is 40.2 Å². The van der Waals surface area contributed by atoms with E-state index in [4.69, 9.17) is 14.9 Å². The quantitative estimate of drug-likeness (QED) is 0.268. The Bertz CT molecular complexity index is 310. The Labute approximate surface area is 109 Å². The number of nitrogens with one attached hydrogen (secondary N) is 1. The molecule has 7 atom stereocenters. The van der Waals surface area contributed by atoms with Crippen LogP contribution >= 0.6 is 0 Å². The summed E-state index contributed by atoms with van der Waals surface area (Å²) >= 11 is 0. The third-order valence-corrected chi connectivity index (χ3v) is 2.98. The van der Waals surface area contributed by atoms with Crippen LogP contribution in [0.25, 0.3) is 0 Å². The van der Waals surface area contributed by atoms with Crippen molar-refractivity contribution in [1.82, 2.24) is 5.32 Å². The van der Waals surface area contributed by atoms with Crippen molar-refractivity contribution in [2.75, 3.05) is 6.61 Å². The van der Waals surface area contributed by atoms with E-state index in [1.807, 2.05) is 0 Å². The largest absolute Gasteiger partial charge is 0.480 e. The standard InChI is InChI=1S/C10H19NO8/c1-3(13)5(10(17)18)11-9-8(16)7(15)6(14)4(2-12)19-9/h3-9,11-16H,2H2,1H3,(H,17,18)/t3-,4-,5+,6+,7+,8-,9-/m1/s1. The molecule has 9 heteroatoms. The van der Waals surface area contributed by atoms with Gasteiger partial charge >= 0.3 is 5.97 Å². The molecule has 0 unspecified atom stereocenters. The van der Waals surface area contributed by atoms with E-state index in [1.54, 1.807) is 0 Å². The Morgan fingerprint density at radius 3 is 2.26 bits per heavy atom. The minimum absolute atomic E-state index is 0.616. The summed E-state index contributed by atoms with van der Waals surface area (Å²) in [5.74, 6) is -1.37. The lowest BCUT2D eigenvalue weighted by Gasteiger charge is -2.41. The predicted molar refractivity (Wildman–Crippen MR) is 60.0 cm³/mol. The van der Waals surface area contributed by atoms with Gasteiger partial charge in [0.15, 0.2) is 0 Å². The first-order chi connectivity index (χ1) is 8.79. The molecule has 1 fully saturated rings. The van der Waals surface area contributed by atoms with E-state index in [9.17, 15) is 25.2 Å². The van der Waals surface area contributed by atoms with Crippen molar-refractivity contribution in [2.24, 2.45) is 0 Å². The average Bonchev–Trinajstić information content (AvgIpc) is 2.34. The van der Waals surface area contributed by atoms with Crippen LogP contribution in [0.15, 0.2) is 0 Å². The molecule has 0 saturated carbocycles. The van der Waals surface area contributed by atoms with E-state index in [0.717, 1.165) is 0 Å². The van der Waals surface area contributed by atoms with Crippen molar-refractivity contribution >= 4 is 5.97 Å². The molecule has 7 N–H and O–H groups in total. The molecule has 1 heterocycles. The van der Waals surface area contributed by atoms with Crippen molar-refractivity contribution in [3.8, 4) is 0 Å². The van der Waals surface area contributed by atoms with Gasteiger partial charge in [-0.2, -0.15) is 0 Å². The van der Waals surface area contributed by atoms with Gasteiger partial charge in [0.25, 0.3) is 0 Å². The molecule has 1 saturated heterocycles. The maximum Gasteiger partial charge on any atom is 0.323 e. The molecular weight excluding hydrogens is 262 g/mol. The molecule has 9 nitrogen and oxygen atoms in total. The van der Waals surface area contributed by atoms with Gasteiger partial charge < -0.3 is 35.4 Å². The van der Waals surface area contributed by atoms with Crippen LogP contribution in [0.3, 0.4) is 0 Å². The fourth-order valence-electron chi connectivity index (χ4n) is 1.83. The fourth-order valence-corrected chi connectivity index (χ4v) is 1.83. The highest BCUT2D eigenvalue weighted by Gasteiger charge is 2.44. The first-order valence-corrected chi connectivity index (χ1v) is 5.77. The zero-order chi connectivity index (χ0) is 14.7. The van der Waals surface area contributed by atoms with Crippen molar-refractivity contribution in [3.05, 3.63) is 0 Å². The predicted octanol–water partition coefficient (Wildman–Crippen LogP) is -3.79. The van der Waals surface area contributed by atoms with Crippen molar-refractivity contribution in [1.29, 1.82) is 0 Å². The number of rotatable bonds is 5. The lowest BCUT2D eigenvalue weighted by Crippen LogP contribution is -2.65. The Morgan fingerprint density at radius 2 is 1.84 bits per heavy atom. The second kappa shape index (κ2) is 6.57. The van der Waals surface area contributed by atoms with Crippen molar-refractivity contribution in [3.63, 3.8) is 0 Å². The topological polar surface area (TPSA) is 160 Å². The van der Waals surface area contributed by atoms with E-state index in [-0.39, 0.29) is 0 Å². The Balaban J connectivity index is 2.78. The van der Waals surface area contributed by atoms with Crippen molar-refractivity contribution in [2.45, 2.75) is 49.7 Å². The number of hydrogen-bond acceptors (Lipinski definition) is 8. The second-order valence-electron chi connectivity index (χ2n) is 4.47. The molecule has 0 aromatic rings. The molecule has 1 aliphatic rings. The number of carboxylic acids is 1. The molecule has 0 aromatic heterocycles. The maximum absolute atomic E-state index is 10.9. The molecule has 0 amide bonds. The summed E-state index contributed by atoms with van der Waals surface area (Å²) in [5, 5.41) is 58.2. The maximum atomic E-state index is 10.9. The summed E-state index contributed by atoms with van der Waals surface area (Å²) in [4.78, 5) is 10.9. The molecule has 19 heavy (non-hydrogen) atoms. The smallest absolute Gasteiger partial charge is 0.323 e. The van der Waals surface area contributed by atoms with Crippen LogP contribution in [0.5, 0.6) is 0 Å². The van der Waals surface area contributed by atoms with Crippen LogP contribution in [0.1, 0.15) is 6.92 Å². The highest BCUT2D eigenvalue weighted by Crippen LogP contribution is 2.20. The highest BCUT2D eigenvalue weighted by atomic mass is 16.6. The van der Waals surface area contributed by atoms with Gasteiger partial charge in [0.05, 0.1) is 12.7 Å². The number of aliphatic carboxylic acids is 1. The van der Waals surface area contributed by atoms with Crippen LogP contribution in [-0.4, -0.2) is 86.0 Å². The molecule has 0 spiro atoms. The molecule has 1 aliphatic heterocycles. The lowest BCUT2D eigenvalue weighted by atomic mass is 9.98. The number of aliphatic hydroxyl groups is 5. The Hall–Kier alpha value is -0.810. The molecule has 0 bridgehead atoms. The van der Waals surface area contributed by atoms with Gasteiger partial charge in [-0.3, -0.25) is 10.1 Å². The van der Waals surface area contributed by atoms with Gasteiger partial charge in [0, 0.05) is 0 Å². The van der Waals surface area contributed by atoms with Crippen LogP contribution < -0.4 is 5.32 Å². The summed E-state index contributed by atoms with van der Waals surface area (Å²) in [6.45, 7) is 0.616. The van der Waals surface area contributed by atoms with Gasteiger partial charge in [0.1, 0.15) is 36.7 Å². The first-order valence-electron chi connectivity index (χ1n) is 5.77. The zero-order valence-electron chi connectivity index (χ0n) is 10.2. The monoisotopic (exact) mass is 281 g/mol. The number of hydrogen-bond donors (Lipinski definition) is 7. The van der Waals surface area contributed by atoms with Gasteiger partial charge in [-0.1, -0.05) is 0 Å². The number of aliphatic hydroxyl groups excluding tert-OH is 5. The third-order valence-electron chi connectivity index (χ3n) is 2.98. The second-order valence-corrected chi connectivity index (χ2v) is 4.47. The SMILES string of the molecule is C[C@@H](O)[C@H](N[C@@H]1O[C@H](CO)[C@H](O)[C@H](O)[C@H]1O)C(=O)O. The van der Waals surface area contributed by atoms with Gasteiger partial charge in [-0.25, -0.2) is 0 Å². The van der Waals surface area contributed by atoms with E-state index >= 15 is 0 Å². The summed E-state index contributed by atoms with van der Waals surface area (Å²) in [6, 6.07) is -1.43. The summed E-state index contributed by atoms with van der Waals surface area (Å²) in [7, 11) is 0. The van der Waals surface area contributed by atoms with E-state index in [1.165, 1.54) is 6.92 Å². The van der Waals surface area contributed by atoms with Crippen LogP contribution in [-0.2, 0) is 9.53 Å². The normalized spacial score (nSPS) is 38.7. The third kappa shape index (κ3) is 3.60. The average molecular weight is 281 g/mol. The van der Waals surface area contributed by atoms with E-state index < -0.39 is 55.4 Å². The van der Waals surface area contributed by atoms with Crippen LogP contribution in [0.4, 0.5) is 0 Å². The minimum Gasteiger partial charge on any atom is -0.480 e. The van der Waals surface area contributed by atoms with E-state index in [0.29, 0.717) is 0 Å². The van der Waals surface area contributed by atoms with Crippen LogP contribution in [0, 0.1) is 0 Å². The lowest BCUT2D eigenvalue weighted by molar-refractivity contribution is -0.239. The number of carboxylic acid groups (broad SMARTS) is 1. The zero-order valence-corrected chi connectivity index (χ0v) is 10.2. The van der Waals surface area contributed by atoms with Crippen LogP contribution in [0.2, 0.25) is 0 Å².